The fourth-order valence-electron chi connectivity index (χ4n) is 2.21. The molecule has 84 valence electrons. The lowest BCUT2D eigenvalue weighted by molar-refractivity contribution is 0.502. The molecule has 0 amide bonds. The molecule has 1 fully saturated rings. The van der Waals surface area contributed by atoms with Crippen molar-refractivity contribution in [3.63, 3.8) is 0 Å². The number of thiazole rings is 1. The second-order valence-corrected chi connectivity index (χ2v) is 6.34. The van der Waals surface area contributed by atoms with Crippen LogP contribution in [0.2, 0.25) is 0 Å². The van der Waals surface area contributed by atoms with E-state index in [1.165, 1.54) is 16.1 Å². The van der Waals surface area contributed by atoms with Gasteiger partial charge in [-0.05, 0) is 37.1 Å². The van der Waals surface area contributed by atoms with E-state index in [1.54, 1.807) is 0 Å². The smallest absolute Gasteiger partial charge is 0.111 e. The van der Waals surface area contributed by atoms with Crippen LogP contribution in [0, 0.1) is 5.92 Å². The van der Waals surface area contributed by atoms with Crippen LogP contribution >= 0.6 is 27.3 Å². The SMILES string of the molecule is CC1CCNC1c1nc2ccc(Br)cc2s1. The zero-order valence-corrected chi connectivity index (χ0v) is 11.4. The fraction of sp³-hybridized carbons (Fsp3) is 0.417. The Morgan fingerprint density at radius 2 is 2.38 bits per heavy atom. The molecule has 1 saturated heterocycles. The molecule has 0 radical (unpaired) electrons. The molecule has 1 aromatic heterocycles. The average Bonchev–Trinajstić information content (AvgIpc) is 2.82. The Balaban J connectivity index is 2.04. The molecule has 0 aliphatic carbocycles. The summed E-state index contributed by atoms with van der Waals surface area (Å²) in [6, 6.07) is 6.74. The largest absolute Gasteiger partial charge is 0.308 e. The third-order valence-electron chi connectivity index (χ3n) is 3.17. The first-order chi connectivity index (χ1) is 7.74. The van der Waals surface area contributed by atoms with Gasteiger partial charge in [0.2, 0.25) is 0 Å². The Bertz CT molecular complexity index is 523. The molecule has 2 atom stereocenters. The van der Waals surface area contributed by atoms with Crippen molar-refractivity contribution in [2.24, 2.45) is 5.92 Å². The van der Waals surface area contributed by atoms with Gasteiger partial charge < -0.3 is 5.32 Å². The first kappa shape index (κ1) is 10.7. The molecule has 2 aromatic rings. The molecular weight excluding hydrogens is 284 g/mol. The molecule has 16 heavy (non-hydrogen) atoms. The summed E-state index contributed by atoms with van der Waals surface area (Å²) in [5, 5.41) is 4.77. The maximum Gasteiger partial charge on any atom is 0.111 e. The first-order valence-corrected chi connectivity index (χ1v) is 7.14. The molecule has 0 bridgehead atoms. The van der Waals surface area contributed by atoms with Gasteiger partial charge in [0.05, 0.1) is 16.3 Å². The van der Waals surface area contributed by atoms with Crippen molar-refractivity contribution in [2.45, 2.75) is 19.4 Å². The summed E-state index contributed by atoms with van der Waals surface area (Å²) in [6.45, 7) is 3.41. The lowest BCUT2D eigenvalue weighted by atomic mass is 10.0. The van der Waals surface area contributed by atoms with E-state index in [0.717, 1.165) is 16.5 Å². The van der Waals surface area contributed by atoms with Crippen LogP contribution in [-0.2, 0) is 0 Å². The summed E-state index contributed by atoms with van der Waals surface area (Å²) in [5.74, 6) is 0.698. The molecular formula is C12H13BrN2S. The van der Waals surface area contributed by atoms with Crippen molar-refractivity contribution < 1.29 is 0 Å². The minimum atomic E-state index is 0.455. The molecule has 2 unspecified atom stereocenters. The Labute approximate surface area is 107 Å². The average molecular weight is 297 g/mol. The molecule has 3 rings (SSSR count). The van der Waals surface area contributed by atoms with Crippen LogP contribution in [0.3, 0.4) is 0 Å². The predicted molar refractivity (Wildman–Crippen MR) is 71.8 cm³/mol. The van der Waals surface area contributed by atoms with Gasteiger partial charge in [-0.2, -0.15) is 0 Å². The summed E-state index contributed by atoms with van der Waals surface area (Å²) in [7, 11) is 0. The zero-order chi connectivity index (χ0) is 11.1. The highest BCUT2D eigenvalue weighted by Crippen LogP contribution is 2.34. The number of aromatic nitrogens is 1. The second kappa shape index (κ2) is 4.09. The second-order valence-electron chi connectivity index (χ2n) is 4.36. The quantitative estimate of drug-likeness (QED) is 0.867. The maximum atomic E-state index is 4.72. The molecule has 0 spiro atoms. The summed E-state index contributed by atoms with van der Waals surface area (Å²) in [5.41, 5.74) is 1.11. The van der Waals surface area contributed by atoms with Gasteiger partial charge >= 0.3 is 0 Å². The van der Waals surface area contributed by atoms with Crippen LogP contribution < -0.4 is 5.32 Å². The highest BCUT2D eigenvalue weighted by molar-refractivity contribution is 9.10. The van der Waals surface area contributed by atoms with Gasteiger partial charge in [0, 0.05) is 4.47 Å². The third-order valence-corrected chi connectivity index (χ3v) is 4.76. The first-order valence-electron chi connectivity index (χ1n) is 5.53. The van der Waals surface area contributed by atoms with Gasteiger partial charge in [-0.25, -0.2) is 4.98 Å². The summed E-state index contributed by atoms with van der Waals surface area (Å²) < 4.78 is 2.40. The van der Waals surface area contributed by atoms with E-state index in [9.17, 15) is 0 Å². The molecule has 2 nitrogen and oxygen atoms in total. The highest BCUT2D eigenvalue weighted by atomic mass is 79.9. The van der Waals surface area contributed by atoms with E-state index in [4.69, 9.17) is 4.98 Å². The van der Waals surface area contributed by atoms with Crippen LogP contribution in [0.1, 0.15) is 24.4 Å². The molecule has 1 aromatic carbocycles. The van der Waals surface area contributed by atoms with E-state index in [0.29, 0.717) is 12.0 Å². The van der Waals surface area contributed by atoms with Crippen LogP contribution in [0.25, 0.3) is 10.2 Å². The lowest BCUT2D eigenvalue weighted by Gasteiger charge is -2.11. The lowest BCUT2D eigenvalue weighted by Crippen LogP contribution is -2.15. The normalized spacial score (nSPS) is 25.4. The van der Waals surface area contributed by atoms with Gasteiger partial charge in [0.1, 0.15) is 5.01 Å². The number of hydrogen-bond acceptors (Lipinski definition) is 3. The number of rotatable bonds is 1. The monoisotopic (exact) mass is 296 g/mol. The molecule has 2 heterocycles. The van der Waals surface area contributed by atoms with Gasteiger partial charge in [-0.15, -0.1) is 11.3 Å². The number of halogens is 1. The fourth-order valence-corrected chi connectivity index (χ4v) is 3.94. The van der Waals surface area contributed by atoms with Gasteiger partial charge in [0.25, 0.3) is 0 Å². The maximum absolute atomic E-state index is 4.72. The molecule has 1 aliphatic rings. The Hall–Kier alpha value is -0.450. The number of fused-ring (bicyclic) bond motifs is 1. The van der Waals surface area contributed by atoms with Gasteiger partial charge in [-0.3, -0.25) is 0 Å². The Kier molecular flexibility index (Phi) is 2.73. The van der Waals surface area contributed by atoms with Crippen molar-refractivity contribution in [3.05, 3.63) is 27.7 Å². The van der Waals surface area contributed by atoms with Crippen LogP contribution in [-0.4, -0.2) is 11.5 Å². The molecule has 4 heteroatoms. The van der Waals surface area contributed by atoms with Gasteiger partial charge in [0.15, 0.2) is 0 Å². The van der Waals surface area contributed by atoms with E-state index in [-0.39, 0.29) is 0 Å². The van der Waals surface area contributed by atoms with Crippen LogP contribution in [0.15, 0.2) is 22.7 Å². The molecule has 1 N–H and O–H groups in total. The minimum absolute atomic E-state index is 0.455. The van der Waals surface area contributed by atoms with Crippen molar-refractivity contribution in [3.8, 4) is 0 Å². The van der Waals surface area contributed by atoms with E-state index < -0.39 is 0 Å². The summed E-state index contributed by atoms with van der Waals surface area (Å²) >= 11 is 5.31. The van der Waals surface area contributed by atoms with Crippen molar-refractivity contribution in [1.82, 2.24) is 10.3 Å². The zero-order valence-electron chi connectivity index (χ0n) is 9.03. The number of benzene rings is 1. The third kappa shape index (κ3) is 1.79. The van der Waals surface area contributed by atoms with Crippen molar-refractivity contribution >= 4 is 37.5 Å². The van der Waals surface area contributed by atoms with Crippen molar-refractivity contribution in [1.29, 1.82) is 0 Å². The van der Waals surface area contributed by atoms with E-state index >= 15 is 0 Å². The minimum Gasteiger partial charge on any atom is -0.308 e. The standard InChI is InChI=1S/C12H13BrN2S/c1-7-4-5-14-11(7)12-15-9-3-2-8(13)6-10(9)16-12/h2-3,6-7,11,14H,4-5H2,1H3. The summed E-state index contributed by atoms with van der Waals surface area (Å²) in [6.07, 6.45) is 1.25. The van der Waals surface area contributed by atoms with E-state index in [2.05, 4.69) is 46.4 Å². The highest BCUT2D eigenvalue weighted by Gasteiger charge is 2.26. The Morgan fingerprint density at radius 3 is 3.12 bits per heavy atom. The summed E-state index contributed by atoms with van der Waals surface area (Å²) in [4.78, 5) is 4.72. The van der Waals surface area contributed by atoms with Crippen LogP contribution in [0.5, 0.6) is 0 Å². The molecule has 1 aliphatic heterocycles. The van der Waals surface area contributed by atoms with Crippen LogP contribution in [0.4, 0.5) is 0 Å². The topological polar surface area (TPSA) is 24.9 Å². The number of hydrogen-bond donors (Lipinski definition) is 1. The number of nitrogens with zero attached hydrogens (tertiary/aromatic N) is 1. The predicted octanol–water partition coefficient (Wildman–Crippen LogP) is 3.73. The Morgan fingerprint density at radius 1 is 1.50 bits per heavy atom. The van der Waals surface area contributed by atoms with Crippen molar-refractivity contribution in [2.75, 3.05) is 6.54 Å². The molecule has 0 saturated carbocycles. The van der Waals surface area contributed by atoms with E-state index in [1.807, 2.05) is 11.3 Å². The van der Waals surface area contributed by atoms with Gasteiger partial charge in [-0.1, -0.05) is 22.9 Å². The number of nitrogens with one attached hydrogen (secondary N) is 1.